The molecule has 0 radical (unpaired) electrons. The van der Waals surface area contributed by atoms with Crippen molar-refractivity contribution in [3.8, 4) is 0 Å². The number of aliphatic hydroxyl groups is 1. The maximum atomic E-state index is 11.7. The molecule has 3 heteroatoms. The molecule has 1 N–H and O–H groups in total. The molecule has 0 heterocycles. The summed E-state index contributed by atoms with van der Waals surface area (Å²) in [6.07, 6.45) is 2.66. The van der Waals surface area contributed by atoms with E-state index in [0.29, 0.717) is 12.8 Å². The normalized spacial score (nSPS) is 16.9. The Hall–Kier alpha value is -0.830. The minimum absolute atomic E-state index is 0.0452. The first-order valence-electron chi connectivity index (χ1n) is 4.93. The van der Waals surface area contributed by atoms with Gasteiger partial charge in [-0.3, -0.25) is 4.79 Å². The first-order chi connectivity index (χ1) is 6.39. The number of hydrogen-bond acceptors (Lipinski definition) is 2. The van der Waals surface area contributed by atoms with Crippen molar-refractivity contribution >= 4 is 5.91 Å². The Labute approximate surface area is 86.4 Å². The molecule has 1 amide bonds. The monoisotopic (exact) mass is 199 g/mol. The van der Waals surface area contributed by atoms with Crippen molar-refractivity contribution in [1.29, 1.82) is 0 Å². The molecular formula is C11H21NO2. The quantitative estimate of drug-likeness (QED) is 0.680. The molecule has 0 unspecified atom stereocenters. The molecule has 14 heavy (non-hydrogen) atoms. The molecule has 0 rings (SSSR count). The number of amides is 1. The van der Waals surface area contributed by atoms with Crippen LogP contribution in [0, 0.1) is 5.92 Å². The fourth-order valence-corrected chi connectivity index (χ4v) is 1.49. The van der Waals surface area contributed by atoms with Crippen molar-refractivity contribution in [3.63, 3.8) is 0 Å². The number of rotatable bonds is 5. The topological polar surface area (TPSA) is 40.5 Å². The second-order valence-corrected chi connectivity index (χ2v) is 3.90. The van der Waals surface area contributed by atoms with Crippen LogP contribution < -0.4 is 0 Å². The first-order valence-corrected chi connectivity index (χ1v) is 4.93. The van der Waals surface area contributed by atoms with E-state index in [2.05, 4.69) is 6.58 Å². The Morgan fingerprint density at radius 2 is 2.14 bits per heavy atom. The Kier molecular flexibility index (Phi) is 4.85. The van der Waals surface area contributed by atoms with Gasteiger partial charge >= 0.3 is 0 Å². The van der Waals surface area contributed by atoms with Crippen LogP contribution in [0.5, 0.6) is 0 Å². The van der Waals surface area contributed by atoms with Gasteiger partial charge in [-0.2, -0.15) is 0 Å². The second kappa shape index (κ2) is 5.15. The lowest BCUT2D eigenvalue weighted by Gasteiger charge is -2.32. The van der Waals surface area contributed by atoms with Crippen LogP contribution in [0.3, 0.4) is 0 Å². The highest BCUT2D eigenvalue weighted by molar-refractivity contribution is 5.79. The van der Waals surface area contributed by atoms with Crippen molar-refractivity contribution in [2.24, 2.45) is 5.92 Å². The highest BCUT2D eigenvalue weighted by atomic mass is 16.3. The van der Waals surface area contributed by atoms with Gasteiger partial charge in [-0.05, 0) is 12.8 Å². The lowest BCUT2D eigenvalue weighted by molar-refractivity contribution is -0.141. The third-order valence-corrected chi connectivity index (χ3v) is 2.73. The van der Waals surface area contributed by atoms with Gasteiger partial charge in [0.15, 0.2) is 0 Å². The van der Waals surface area contributed by atoms with Gasteiger partial charge in [-0.25, -0.2) is 0 Å². The lowest BCUT2D eigenvalue weighted by atomic mass is 9.82. The molecule has 0 aromatic carbocycles. The molecule has 0 aliphatic carbocycles. The van der Waals surface area contributed by atoms with Crippen molar-refractivity contribution in [2.45, 2.75) is 32.3 Å². The van der Waals surface area contributed by atoms with Gasteiger partial charge in [0, 0.05) is 14.1 Å². The van der Waals surface area contributed by atoms with Gasteiger partial charge < -0.3 is 10.0 Å². The van der Waals surface area contributed by atoms with Crippen LogP contribution in [0.2, 0.25) is 0 Å². The zero-order valence-electron chi connectivity index (χ0n) is 9.58. The van der Waals surface area contributed by atoms with Crippen molar-refractivity contribution in [1.82, 2.24) is 4.90 Å². The van der Waals surface area contributed by atoms with E-state index in [9.17, 15) is 9.90 Å². The van der Waals surface area contributed by atoms with E-state index in [4.69, 9.17) is 0 Å². The highest BCUT2D eigenvalue weighted by Gasteiger charge is 2.36. The summed E-state index contributed by atoms with van der Waals surface area (Å²) in [6.45, 7) is 7.23. The molecular weight excluding hydrogens is 178 g/mol. The summed E-state index contributed by atoms with van der Waals surface area (Å²) in [7, 11) is 3.39. The van der Waals surface area contributed by atoms with Gasteiger partial charge in [0.1, 0.15) is 0 Å². The van der Waals surface area contributed by atoms with Crippen LogP contribution in [0.4, 0.5) is 0 Å². The molecule has 0 bridgehead atoms. The molecule has 0 saturated carbocycles. The Balaban J connectivity index is 4.67. The summed E-state index contributed by atoms with van der Waals surface area (Å²) >= 11 is 0. The molecule has 0 fully saturated rings. The van der Waals surface area contributed by atoms with Crippen LogP contribution >= 0.6 is 0 Å². The third-order valence-electron chi connectivity index (χ3n) is 2.73. The molecule has 2 atom stereocenters. The summed E-state index contributed by atoms with van der Waals surface area (Å²) in [5, 5.41) is 10.2. The molecule has 0 aliphatic heterocycles. The van der Waals surface area contributed by atoms with Crippen molar-refractivity contribution in [2.75, 3.05) is 14.1 Å². The van der Waals surface area contributed by atoms with Crippen molar-refractivity contribution < 1.29 is 9.90 Å². The Bertz CT molecular complexity index is 213. The average Bonchev–Trinajstić information content (AvgIpc) is 2.15. The van der Waals surface area contributed by atoms with E-state index >= 15 is 0 Å². The largest absolute Gasteiger partial charge is 0.389 e. The molecule has 0 saturated heterocycles. The lowest BCUT2D eigenvalue weighted by Crippen LogP contribution is -2.44. The molecule has 0 spiro atoms. The van der Waals surface area contributed by atoms with Gasteiger partial charge in [0.05, 0.1) is 11.5 Å². The summed E-state index contributed by atoms with van der Waals surface area (Å²) in [5.41, 5.74) is -0.955. The van der Waals surface area contributed by atoms with E-state index in [1.54, 1.807) is 27.1 Å². The number of carbonyl (C=O) groups excluding carboxylic acids is 1. The molecule has 0 aromatic heterocycles. The van der Waals surface area contributed by atoms with Gasteiger partial charge in [0.2, 0.25) is 5.91 Å². The fourth-order valence-electron chi connectivity index (χ4n) is 1.49. The SMILES string of the molecule is C=CC[C@@](O)(CC)[C@H](C)C(=O)N(C)C. The van der Waals surface area contributed by atoms with E-state index < -0.39 is 5.60 Å². The summed E-state index contributed by atoms with van der Waals surface area (Å²) in [6, 6.07) is 0. The van der Waals surface area contributed by atoms with Crippen LogP contribution in [-0.4, -0.2) is 35.6 Å². The summed E-state index contributed by atoms with van der Waals surface area (Å²) in [5.74, 6) is -0.434. The van der Waals surface area contributed by atoms with Crippen LogP contribution in [0.15, 0.2) is 12.7 Å². The predicted molar refractivity (Wildman–Crippen MR) is 57.9 cm³/mol. The van der Waals surface area contributed by atoms with Crippen LogP contribution in [0.1, 0.15) is 26.7 Å². The third kappa shape index (κ3) is 2.84. The summed E-state index contributed by atoms with van der Waals surface area (Å²) < 4.78 is 0. The van der Waals surface area contributed by atoms with E-state index in [-0.39, 0.29) is 11.8 Å². The number of nitrogens with zero attached hydrogens (tertiary/aromatic N) is 1. The van der Waals surface area contributed by atoms with E-state index in [1.807, 2.05) is 6.92 Å². The molecule has 3 nitrogen and oxygen atoms in total. The maximum absolute atomic E-state index is 11.7. The van der Waals surface area contributed by atoms with Gasteiger partial charge in [0.25, 0.3) is 0 Å². The standard InChI is InChI=1S/C11H21NO2/c1-6-8-11(14,7-2)9(3)10(13)12(4)5/h6,9,14H,1,7-8H2,2-5H3/t9-,11+/m1/s1. The summed E-state index contributed by atoms with van der Waals surface area (Å²) in [4.78, 5) is 13.2. The molecule has 82 valence electrons. The zero-order valence-corrected chi connectivity index (χ0v) is 9.58. The fraction of sp³-hybridized carbons (Fsp3) is 0.727. The zero-order chi connectivity index (χ0) is 11.4. The minimum Gasteiger partial charge on any atom is -0.389 e. The highest BCUT2D eigenvalue weighted by Crippen LogP contribution is 2.26. The first kappa shape index (κ1) is 13.2. The number of carbonyl (C=O) groups is 1. The van der Waals surface area contributed by atoms with Crippen LogP contribution in [0.25, 0.3) is 0 Å². The number of hydrogen-bond donors (Lipinski definition) is 1. The Morgan fingerprint density at radius 3 is 2.43 bits per heavy atom. The Morgan fingerprint density at radius 1 is 1.64 bits per heavy atom. The van der Waals surface area contributed by atoms with Gasteiger partial charge in [-0.15, -0.1) is 6.58 Å². The molecule has 0 aromatic rings. The van der Waals surface area contributed by atoms with E-state index in [1.165, 1.54) is 4.90 Å². The van der Waals surface area contributed by atoms with Crippen molar-refractivity contribution in [3.05, 3.63) is 12.7 Å². The second-order valence-electron chi connectivity index (χ2n) is 3.90. The smallest absolute Gasteiger partial charge is 0.227 e. The van der Waals surface area contributed by atoms with E-state index in [0.717, 1.165) is 0 Å². The maximum Gasteiger partial charge on any atom is 0.227 e. The van der Waals surface area contributed by atoms with Gasteiger partial charge in [-0.1, -0.05) is 19.9 Å². The average molecular weight is 199 g/mol. The predicted octanol–water partition coefficient (Wildman–Crippen LogP) is 1.43. The minimum atomic E-state index is -0.955. The van der Waals surface area contributed by atoms with Crippen LogP contribution in [-0.2, 0) is 4.79 Å². The molecule has 0 aliphatic rings.